The van der Waals surface area contributed by atoms with Crippen LogP contribution in [-0.2, 0) is 18.9 Å². The maximum atomic E-state index is 5.74. The van der Waals surface area contributed by atoms with Crippen molar-refractivity contribution in [2.75, 3.05) is 59.4 Å². The van der Waals surface area contributed by atoms with Crippen LogP contribution in [0.4, 0.5) is 0 Å². The lowest BCUT2D eigenvalue weighted by Gasteiger charge is -2.33. The molecular weight excluding hydrogens is 294 g/mol. The Balaban J connectivity index is 4.63. The smallest absolute Gasteiger partial charge is 0.0637 e. The maximum absolute atomic E-state index is 5.74. The Kier molecular flexibility index (Phi) is 15.1. The number of hydrogen-bond acceptors (Lipinski definition) is 5. The van der Waals surface area contributed by atoms with Gasteiger partial charge in [-0.15, -0.1) is 24.7 Å². The lowest BCUT2D eigenvalue weighted by molar-refractivity contribution is -0.105. The van der Waals surface area contributed by atoms with E-state index >= 15 is 0 Å². The van der Waals surface area contributed by atoms with Gasteiger partial charge >= 0.3 is 0 Å². The SMILES string of the molecule is C#CCCOCC(COCCC)(COCCN)COCCC#C. The summed E-state index contributed by atoms with van der Waals surface area (Å²) in [5.74, 6) is 5.12. The second-order valence-corrected chi connectivity index (χ2v) is 5.41. The van der Waals surface area contributed by atoms with Gasteiger partial charge in [0.1, 0.15) is 0 Å². The van der Waals surface area contributed by atoms with E-state index in [0.717, 1.165) is 6.42 Å². The summed E-state index contributed by atoms with van der Waals surface area (Å²) >= 11 is 0. The van der Waals surface area contributed by atoms with E-state index in [1.807, 2.05) is 0 Å². The van der Waals surface area contributed by atoms with Crippen molar-refractivity contribution in [1.82, 2.24) is 0 Å². The van der Waals surface area contributed by atoms with Crippen LogP contribution in [-0.4, -0.2) is 59.4 Å². The zero-order valence-electron chi connectivity index (χ0n) is 14.4. The van der Waals surface area contributed by atoms with Crippen LogP contribution in [0, 0.1) is 30.1 Å². The van der Waals surface area contributed by atoms with Gasteiger partial charge in [0.2, 0.25) is 0 Å². The first kappa shape index (κ1) is 21.9. The lowest BCUT2D eigenvalue weighted by atomic mass is 9.92. The number of nitrogens with two attached hydrogens (primary N) is 1. The molecule has 2 N–H and O–H groups in total. The van der Waals surface area contributed by atoms with Crippen LogP contribution >= 0.6 is 0 Å². The summed E-state index contributed by atoms with van der Waals surface area (Å²) < 4.78 is 22.8. The second kappa shape index (κ2) is 15.8. The Morgan fingerprint density at radius 3 is 1.61 bits per heavy atom. The highest BCUT2D eigenvalue weighted by Crippen LogP contribution is 2.21. The third-order valence-corrected chi connectivity index (χ3v) is 3.03. The van der Waals surface area contributed by atoms with Gasteiger partial charge in [-0.1, -0.05) is 6.92 Å². The first-order valence-corrected chi connectivity index (χ1v) is 8.12. The highest BCUT2D eigenvalue weighted by atomic mass is 16.5. The van der Waals surface area contributed by atoms with Gasteiger partial charge in [0.05, 0.1) is 51.7 Å². The molecule has 23 heavy (non-hydrogen) atoms. The van der Waals surface area contributed by atoms with E-state index in [-0.39, 0.29) is 5.41 Å². The second-order valence-electron chi connectivity index (χ2n) is 5.41. The first-order chi connectivity index (χ1) is 11.2. The quantitative estimate of drug-likeness (QED) is 0.344. The van der Waals surface area contributed by atoms with E-state index in [0.29, 0.717) is 72.2 Å². The summed E-state index contributed by atoms with van der Waals surface area (Å²) in [5.41, 5.74) is 5.11. The zero-order chi connectivity index (χ0) is 17.2. The molecule has 0 saturated carbocycles. The Morgan fingerprint density at radius 1 is 0.783 bits per heavy atom. The number of terminal acetylenes is 2. The van der Waals surface area contributed by atoms with Crippen LogP contribution < -0.4 is 5.73 Å². The Bertz CT molecular complexity index is 312. The molecule has 5 nitrogen and oxygen atoms in total. The molecule has 0 atom stereocenters. The summed E-state index contributed by atoms with van der Waals surface area (Å²) in [6.07, 6.45) is 12.6. The van der Waals surface area contributed by atoms with Gasteiger partial charge in [-0.25, -0.2) is 0 Å². The average Bonchev–Trinajstić information content (AvgIpc) is 2.56. The third-order valence-electron chi connectivity index (χ3n) is 3.03. The van der Waals surface area contributed by atoms with E-state index in [9.17, 15) is 0 Å². The molecule has 0 aromatic heterocycles. The van der Waals surface area contributed by atoms with Crippen molar-refractivity contribution in [1.29, 1.82) is 0 Å². The van der Waals surface area contributed by atoms with Crippen molar-refractivity contribution >= 4 is 0 Å². The normalized spacial score (nSPS) is 11.1. The molecule has 0 rings (SSSR count). The molecule has 0 amide bonds. The van der Waals surface area contributed by atoms with E-state index in [2.05, 4.69) is 18.8 Å². The Labute approximate surface area is 141 Å². The van der Waals surface area contributed by atoms with Crippen LogP contribution in [0.15, 0.2) is 0 Å². The fourth-order valence-corrected chi connectivity index (χ4v) is 1.89. The number of ether oxygens (including phenoxy) is 4. The first-order valence-electron chi connectivity index (χ1n) is 8.12. The molecule has 0 bridgehead atoms. The minimum atomic E-state index is -0.381. The molecule has 0 unspecified atom stereocenters. The number of rotatable bonds is 16. The van der Waals surface area contributed by atoms with Crippen LogP contribution in [0.3, 0.4) is 0 Å². The third kappa shape index (κ3) is 12.1. The molecule has 0 radical (unpaired) electrons. The monoisotopic (exact) mass is 325 g/mol. The largest absolute Gasteiger partial charge is 0.381 e. The molecule has 0 aromatic rings. The van der Waals surface area contributed by atoms with Crippen LogP contribution in [0.2, 0.25) is 0 Å². The standard InChI is InChI=1S/C18H31NO4/c1-4-7-11-21-15-18(14-20-10-6-3,17-23-13-9-19)16-22-12-8-5-2/h1-2H,6-17,19H2,3H3. The zero-order valence-corrected chi connectivity index (χ0v) is 14.4. The van der Waals surface area contributed by atoms with Crippen molar-refractivity contribution in [3.05, 3.63) is 0 Å². The summed E-state index contributed by atoms with van der Waals surface area (Å²) in [7, 11) is 0. The summed E-state index contributed by atoms with van der Waals surface area (Å²) in [5, 5.41) is 0. The van der Waals surface area contributed by atoms with E-state index < -0.39 is 0 Å². The molecule has 0 aliphatic rings. The van der Waals surface area contributed by atoms with Gasteiger partial charge in [-0.2, -0.15) is 0 Å². The maximum Gasteiger partial charge on any atom is 0.0637 e. The van der Waals surface area contributed by atoms with Gasteiger partial charge in [0, 0.05) is 26.0 Å². The molecule has 0 saturated heterocycles. The average molecular weight is 325 g/mol. The van der Waals surface area contributed by atoms with Crippen molar-refractivity contribution in [2.45, 2.75) is 26.2 Å². The summed E-state index contributed by atoms with van der Waals surface area (Å²) in [4.78, 5) is 0. The molecule has 0 fully saturated rings. The highest BCUT2D eigenvalue weighted by molar-refractivity contribution is 4.85. The van der Waals surface area contributed by atoms with Crippen molar-refractivity contribution < 1.29 is 18.9 Å². The summed E-state index contributed by atoms with van der Waals surface area (Å²) in [6, 6.07) is 0. The molecule has 0 aromatic carbocycles. The van der Waals surface area contributed by atoms with Crippen molar-refractivity contribution in [2.24, 2.45) is 11.1 Å². The molecular formula is C18H31NO4. The van der Waals surface area contributed by atoms with Crippen molar-refractivity contribution in [3.63, 3.8) is 0 Å². The van der Waals surface area contributed by atoms with Gasteiger partial charge in [0.25, 0.3) is 0 Å². The van der Waals surface area contributed by atoms with Gasteiger partial charge in [0.15, 0.2) is 0 Å². The predicted molar refractivity (Wildman–Crippen MR) is 92.0 cm³/mol. The number of hydrogen-bond donors (Lipinski definition) is 1. The minimum Gasteiger partial charge on any atom is -0.381 e. The van der Waals surface area contributed by atoms with Crippen LogP contribution in [0.1, 0.15) is 26.2 Å². The fraction of sp³-hybridized carbons (Fsp3) is 0.778. The highest BCUT2D eigenvalue weighted by Gasteiger charge is 2.32. The fourth-order valence-electron chi connectivity index (χ4n) is 1.89. The van der Waals surface area contributed by atoms with Crippen LogP contribution in [0.5, 0.6) is 0 Å². The molecule has 0 aliphatic carbocycles. The molecule has 0 aliphatic heterocycles. The Morgan fingerprint density at radius 2 is 1.22 bits per heavy atom. The molecule has 0 heterocycles. The molecule has 5 heteroatoms. The summed E-state index contributed by atoms with van der Waals surface area (Å²) in [6.45, 7) is 6.61. The molecule has 132 valence electrons. The van der Waals surface area contributed by atoms with E-state index in [4.69, 9.17) is 37.5 Å². The van der Waals surface area contributed by atoms with Gasteiger partial charge in [-0.3, -0.25) is 0 Å². The van der Waals surface area contributed by atoms with Crippen LogP contribution in [0.25, 0.3) is 0 Å². The lowest BCUT2D eigenvalue weighted by Crippen LogP contribution is -2.42. The Hall–Kier alpha value is -1.08. The minimum absolute atomic E-state index is 0.381. The predicted octanol–water partition coefficient (Wildman–Crippen LogP) is 1.45. The van der Waals surface area contributed by atoms with E-state index in [1.54, 1.807) is 0 Å². The van der Waals surface area contributed by atoms with Gasteiger partial charge < -0.3 is 24.7 Å². The topological polar surface area (TPSA) is 62.9 Å². The van der Waals surface area contributed by atoms with Gasteiger partial charge in [-0.05, 0) is 6.42 Å². The van der Waals surface area contributed by atoms with E-state index in [1.165, 1.54) is 0 Å². The molecule has 0 spiro atoms. The van der Waals surface area contributed by atoms with Crippen molar-refractivity contribution in [3.8, 4) is 24.7 Å².